The molecule has 1 aromatic carbocycles. The average molecular weight is 355 g/mol. The van der Waals surface area contributed by atoms with Crippen molar-refractivity contribution in [3.63, 3.8) is 0 Å². The third-order valence-electron chi connectivity index (χ3n) is 5.99. The molecule has 26 heavy (non-hydrogen) atoms. The first kappa shape index (κ1) is 17.6. The molecular formula is C21H29N3O2. The number of carbonyl (C=O) groups is 1. The fourth-order valence-corrected chi connectivity index (χ4v) is 4.44. The minimum Gasteiger partial charge on any atom is -0.381 e. The van der Waals surface area contributed by atoms with E-state index in [1.807, 2.05) is 17.2 Å². The summed E-state index contributed by atoms with van der Waals surface area (Å²) in [4.78, 5) is 20.5. The summed E-state index contributed by atoms with van der Waals surface area (Å²) >= 11 is 0. The van der Waals surface area contributed by atoms with Gasteiger partial charge in [-0.15, -0.1) is 0 Å². The van der Waals surface area contributed by atoms with Crippen molar-refractivity contribution in [2.75, 3.05) is 32.8 Å². The van der Waals surface area contributed by atoms with Gasteiger partial charge in [-0.05, 0) is 37.4 Å². The lowest BCUT2D eigenvalue weighted by molar-refractivity contribution is -0.140. The number of rotatable bonds is 6. The summed E-state index contributed by atoms with van der Waals surface area (Å²) in [7, 11) is 0. The van der Waals surface area contributed by atoms with Crippen molar-refractivity contribution in [2.45, 2.75) is 44.7 Å². The molecule has 1 N–H and O–H groups in total. The third-order valence-corrected chi connectivity index (χ3v) is 5.99. The summed E-state index contributed by atoms with van der Waals surface area (Å²) < 4.78 is 5.49. The van der Waals surface area contributed by atoms with E-state index in [1.165, 1.54) is 10.9 Å². The molecule has 0 spiro atoms. The molecule has 2 aliphatic rings. The van der Waals surface area contributed by atoms with Crippen LogP contribution in [-0.4, -0.2) is 65.6 Å². The lowest BCUT2D eigenvalue weighted by atomic mass is 9.99. The van der Waals surface area contributed by atoms with Crippen molar-refractivity contribution < 1.29 is 9.53 Å². The van der Waals surface area contributed by atoms with Crippen molar-refractivity contribution in [1.82, 2.24) is 14.8 Å². The van der Waals surface area contributed by atoms with Gasteiger partial charge in [0.2, 0.25) is 5.91 Å². The number of para-hydroxylation sites is 1. The van der Waals surface area contributed by atoms with Gasteiger partial charge in [0.1, 0.15) is 0 Å². The van der Waals surface area contributed by atoms with Gasteiger partial charge in [0.15, 0.2) is 0 Å². The number of likely N-dealkylation sites (tertiary alicyclic amines) is 1. The number of hydrogen-bond acceptors (Lipinski definition) is 3. The molecule has 3 heterocycles. The van der Waals surface area contributed by atoms with E-state index < -0.39 is 0 Å². The maximum absolute atomic E-state index is 12.6. The number of carbonyl (C=O) groups excluding carboxylic acids is 1. The van der Waals surface area contributed by atoms with E-state index in [2.05, 4.69) is 35.0 Å². The van der Waals surface area contributed by atoms with Gasteiger partial charge in [-0.2, -0.15) is 0 Å². The van der Waals surface area contributed by atoms with E-state index in [9.17, 15) is 4.79 Å². The number of aryl methyl sites for hydroxylation is 1. The highest BCUT2D eigenvalue weighted by atomic mass is 16.5. The van der Waals surface area contributed by atoms with E-state index in [0.717, 1.165) is 57.6 Å². The molecule has 2 fully saturated rings. The first-order valence-electron chi connectivity index (χ1n) is 9.92. The van der Waals surface area contributed by atoms with Gasteiger partial charge in [0.05, 0.1) is 0 Å². The second-order valence-electron chi connectivity index (χ2n) is 7.49. The number of hydrogen-bond donors (Lipinski definition) is 1. The number of nitrogens with one attached hydrogen (secondary N) is 1. The molecule has 0 atom stereocenters. The predicted octanol–water partition coefficient (Wildman–Crippen LogP) is 2.81. The molecule has 2 saturated heterocycles. The lowest BCUT2D eigenvalue weighted by Crippen LogP contribution is -2.63. The van der Waals surface area contributed by atoms with Gasteiger partial charge in [0, 0.05) is 61.9 Å². The number of benzene rings is 1. The number of amides is 1. The van der Waals surface area contributed by atoms with E-state index in [0.29, 0.717) is 18.5 Å². The molecule has 0 unspecified atom stereocenters. The third kappa shape index (κ3) is 3.51. The molecule has 2 aliphatic heterocycles. The van der Waals surface area contributed by atoms with Crippen LogP contribution in [0.4, 0.5) is 0 Å². The van der Waals surface area contributed by atoms with Crippen LogP contribution in [0.2, 0.25) is 0 Å². The SMILES string of the molecule is CCN(C1CCOCC1)C1CN(C(=O)CCc2c[nH]c3ccccc23)C1. The molecule has 5 nitrogen and oxygen atoms in total. The number of H-pyrrole nitrogens is 1. The normalized spacial score (nSPS) is 19.2. The van der Waals surface area contributed by atoms with Crippen LogP contribution in [0.3, 0.4) is 0 Å². The van der Waals surface area contributed by atoms with Crippen LogP contribution in [0.15, 0.2) is 30.5 Å². The van der Waals surface area contributed by atoms with Crippen molar-refractivity contribution >= 4 is 16.8 Å². The van der Waals surface area contributed by atoms with Crippen LogP contribution in [0.5, 0.6) is 0 Å². The number of aromatic amines is 1. The molecule has 0 bridgehead atoms. The Balaban J connectivity index is 1.27. The minimum absolute atomic E-state index is 0.287. The van der Waals surface area contributed by atoms with Crippen LogP contribution < -0.4 is 0 Å². The predicted molar refractivity (Wildman–Crippen MR) is 103 cm³/mol. The number of fused-ring (bicyclic) bond motifs is 1. The van der Waals surface area contributed by atoms with Gasteiger partial charge >= 0.3 is 0 Å². The number of likely N-dealkylation sites (N-methyl/N-ethyl adjacent to an activating group) is 1. The van der Waals surface area contributed by atoms with Crippen LogP contribution in [0, 0.1) is 0 Å². The summed E-state index contributed by atoms with van der Waals surface area (Å²) in [5, 5.41) is 1.23. The van der Waals surface area contributed by atoms with Crippen molar-refractivity contribution in [3.05, 3.63) is 36.0 Å². The van der Waals surface area contributed by atoms with Crippen molar-refractivity contribution in [1.29, 1.82) is 0 Å². The Morgan fingerprint density at radius 3 is 2.77 bits per heavy atom. The lowest BCUT2D eigenvalue weighted by Gasteiger charge is -2.48. The summed E-state index contributed by atoms with van der Waals surface area (Å²) in [6, 6.07) is 9.44. The Kier molecular flexibility index (Phi) is 5.27. The van der Waals surface area contributed by atoms with E-state index in [4.69, 9.17) is 4.74 Å². The van der Waals surface area contributed by atoms with Gasteiger partial charge < -0.3 is 14.6 Å². The molecule has 0 saturated carbocycles. The van der Waals surface area contributed by atoms with Crippen LogP contribution >= 0.6 is 0 Å². The number of aromatic nitrogens is 1. The Morgan fingerprint density at radius 2 is 2.00 bits per heavy atom. The zero-order chi connectivity index (χ0) is 17.9. The molecule has 140 valence electrons. The maximum Gasteiger partial charge on any atom is 0.223 e. The first-order valence-corrected chi connectivity index (χ1v) is 9.92. The van der Waals surface area contributed by atoms with Crippen LogP contribution in [0.1, 0.15) is 31.7 Å². The topological polar surface area (TPSA) is 48.6 Å². The van der Waals surface area contributed by atoms with Gasteiger partial charge in [0.25, 0.3) is 0 Å². The summed E-state index contributed by atoms with van der Waals surface area (Å²) in [6.07, 6.45) is 5.69. The zero-order valence-electron chi connectivity index (χ0n) is 15.6. The van der Waals surface area contributed by atoms with E-state index in [1.54, 1.807) is 0 Å². The second-order valence-corrected chi connectivity index (χ2v) is 7.49. The van der Waals surface area contributed by atoms with Gasteiger partial charge in [-0.25, -0.2) is 0 Å². The molecule has 1 aromatic heterocycles. The molecule has 0 aliphatic carbocycles. The second kappa shape index (κ2) is 7.80. The smallest absolute Gasteiger partial charge is 0.223 e. The molecule has 5 heteroatoms. The highest BCUT2D eigenvalue weighted by Crippen LogP contribution is 2.24. The van der Waals surface area contributed by atoms with Gasteiger partial charge in [-0.3, -0.25) is 9.69 Å². The number of ether oxygens (including phenoxy) is 1. The Hall–Kier alpha value is -1.85. The maximum atomic E-state index is 12.6. The van der Waals surface area contributed by atoms with Crippen LogP contribution in [-0.2, 0) is 16.0 Å². The van der Waals surface area contributed by atoms with Crippen molar-refractivity contribution in [2.24, 2.45) is 0 Å². The van der Waals surface area contributed by atoms with E-state index >= 15 is 0 Å². The highest BCUT2D eigenvalue weighted by Gasteiger charge is 2.37. The average Bonchev–Trinajstić information content (AvgIpc) is 3.06. The summed E-state index contributed by atoms with van der Waals surface area (Å²) in [5.41, 5.74) is 2.39. The fourth-order valence-electron chi connectivity index (χ4n) is 4.44. The monoisotopic (exact) mass is 355 g/mol. The van der Waals surface area contributed by atoms with Crippen LogP contribution in [0.25, 0.3) is 10.9 Å². The summed E-state index contributed by atoms with van der Waals surface area (Å²) in [6.45, 7) is 6.82. The van der Waals surface area contributed by atoms with Crippen molar-refractivity contribution in [3.8, 4) is 0 Å². The molecule has 0 radical (unpaired) electrons. The Morgan fingerprint density at radius 1 is 1.23 bits per heavy atom. The Labute approximate surface area is 155 Å². The zero-order valence-corrected chi connectivity index (χ0v) is 15.6. The largest absolute Gasteiger partial charge is 0.381 e. The molecule has 1 amide bonds. The van der Waals surface area contributed by atoms with E-state index in [-0.39, 0.29) is 5.91 Å². The molecule has 4 rings (SSSR count). The Bertz CT molecular complexity index is 745. The standard InChI is InChI=1S/C21H29N3O2/c1-2-24(17-9-11-26-12-10-17)18-14-23(15-18)21(25)8-7-16-13-22-20-6-4-3-5-19(16)20/h3-6,13,17-18,22H,2,7-12,14-15H2,1H3. The number of nitrogens with zero attached hydrogens (tertiary/aromatic N) is 2. The minimum atomic E-state index is 0.287. The summed E-state index contributed by atoms with van der Waals surface area (Å²) in [5.74, 6) is 0.287. The van der Waals surface area contributed by atoms with Gasteiger partial charge in [-0.1, -0.05) is 25.1 Å². The quantitative estimate of drug-likeness (QED) is 0.867. The fraction of sp³-hybridized carbons (Fsp3) is 0.571. The highest BCUT2D eigenvalue weighted by molar-refractivity contribution is 5.84. The molecular weight excluding hydrogens is 326 g/mol. The molecule has 2 aromatic rings. The first-order chi connectivity index (χ1) is 12.8.